The number of rotatable bonds is 6. The average Bonchev–Trinajstić information content (AvgIpc) is 2.51. The van der Waals surface area contributed by atoms with Gasteiger partial charge < -0.3 is 5.32 Å². The van der Waals surface area contributed by atoms with E-state index < -0.39 is 10.0 Å². The zero-order chi connectivity index (χ0) is 17.7. The predicted molar refractivity (Wildman–Crippen MR) is 95.3 cm³/mol. The van der Waals surface area contributed by atoms with E-state index in [1.807, 2.05) is 13.0 Å². The van der Waals surface area contributed by atoms with E-state index in [-0.39, 0.29) is 29.8 Å². The molecule has 2 N–H and O–H groups in total. The van der Waals surface area contributed by atoms with Crippen molar-refractivity contribution in [3.63, 3.8) is 0 Å². The van der Waals surface area contributed by atoms with Crippen LogP contribution in [0, 0.1) is 19.8 Å². The summed E-state index contributed by atoms with van der Waals surface area (Å²) in [4.78, 5) is 12.3. The Balaban J connectivity index is 1.86. The molecule has 0 heterocycles. The summed E-state index contributed by atoms with van der Waals surface area (Å²) < 4.78 is 27.3. The first kappa shape index (κ1) is 18.9. The van der Waals surface area contributed by atoms with Crippen LogP contribution in [0.1, 0.15) is 50.2 Å². The SMILES string of the molecule is Cc1ccc(C)c(S(=O)(=O)NCCC(=O)NC2CCCCC2C)c1. The Kier molecular flexibility index (Phi) is 6.40. The third-order valence-electron chi connectivity index (χ3n) is 4.74. The van der Waals surface area contributed by atoms with Crippen molar-refractivity contribution in [2.75, 3.05) is 6.54 Å². The second kappa shape index (κ2) is 8.12. The lowest BCUT2D eigenvalue weighted by molar-refractivity contribution is -0.122. The van der Waals surface area contributed by atoms with Gasteiger partial charge >= 0.3 is 0 Å². The van der Waals surface area contributed by atoms with E-state index in [0.717, 1.165) is 24.8 Å². The maximum Gasteiger partial charge on any atom is 0.240 e. The number of aryl methyl sites for hydroxylation is 2. The normalized spacial score (nSPS) is 21.5. The number of hydrogen-bond donors (Lipinski definition) is 2. The van der Waals surface area contributed by atoms with Crippen LogP contribution in [-0.4, -0.2) is 26.9 Å². The third kappa shape index (κ3) is 5.05. The molecule has 2 unspecified atom stereocenters. The fraction of sp³-hybridized carbons (Fsp3) is 0.611. The maximum atomic E-state index is 12.4. The largest absolute Gasteiger partial charge is 0.353 e. The molecule has 2 rings (SSSR count). The summed E-state index contributed by atoms with van der Waals surface area (Å²) in [5.41, 5.74) is 1.60. The van der Waals surface area contributed by atoms with Crippen LogP contribution >= 0.6 is 0 Å². The minimum atomic E-state index is -3.58. The number of benzene rings is 1. The number of amides is 1. The zero-order valence-corrected chi connectivity index (χ0v) is 15.6. The molecule has 1 aliphatic rings. The Labute approximate surface area is 145 Å². The summed E-state index contributed by atoms with van der Waals surface area (Å²) >= 11 is 0. The van der Waals surface area contributed by atoms with Gasteiger partial charge in [0.2, 0.25) is 15.9 Å². The van der Waals surface area contributed by atoms with Crippen molar-refractivity contribution in [1.29, 1.82) is 0 Å². The third-order valence-corrected chi connectivity index (χ3v) is 6.34. The minimum absolute atomic E-state index is 0.0857. The molecule has 0 aliphatic heterocycles. The molecular weight excluding hydrogens is 324 g/mol. The van der Waals surface area contributed by atoms with Crippen LogP contribution in [0.25, 0.3) is 0 Å². The molecule has 1 fully saturated rings. The highest BCUT2D eigenvalue weighted by atomic mass is 32.2. The quantitative estimate of drug-likeness (QED) is 0.826. The number of hydrogen-bond acceptors (Lipinski definition) is 3. The molecule has 5 nitrogen and oxygen atoms in total. The van der Waals surface area contributed by atoms with Crippen molar-refractivity contribution in [3.8, 4) is 0 Å². The Morgan fingerprint density at radius 2 is 1.92 bits per heavy atom. The maximum absolute atomic E-state index is 12.4. The van der Waals surface area contributed by atoms with Gasteiger partial charge in [-0.1, -0.05) is 31.9 Å². The molecule has 0 saturated heterocycles. The highest BCUT2D eigenvalue weighted by Crippen LogP contribution is 2.23. The molecule has 6 heteroatoms. The van der Waals surface area contributed by atoms with Crippen molar-refractivity contribution in [1.82, 2.24) is 10.0 Å². The molecule has 0 aromatic heterocycles. The van der Waals surface area contributed by atoms with Gasteiger partial charge in [0.15, 0.2) is 0 Å². The topological polar surface area (TPSA) is 75.3 Å². The zero-order valence-electron chi connectivity index (χ0n) is 14.8. The van der Waals surface area contributed by atoms with E-state index >= 15 is 0 Å². The lowest BCUT2D eigenvalue weighted by Crippen LogP contribution is -2.42. The standard InChI is InChI=1S/C18H28N2O3S/c1-13-8-9-15(3)17(12-13)24(22,23)19-11-10-18(21)20-16-7-5-4-6-14(16)2/h8-9,12,14,16,19H,4-7,10-11H2,1-3H3,(H,20,21). The van der Waals surface area contributed by atoms with E-state index in [1.165, 1.54) is 6.42 Å². The van der Waals surface area contributed by atoms with E-state index in [2.05, 4.69) is 17.0 Å². The first-order valence-electron chi connectivity index (χ1n) is 8.66. The summed E-state index contributed by atoms with van der Waals surface area (Å²) in [5, 5.41) is 3.04. The van der Waals surface area contributed by atoms with Crippen molar-refractivity contribution in [2.45, 2.75) is 63.8 Å². The van der Waals surface area contributed by atoms with Crippen LogP contribution in [0.4, 0.5) is 0 Å². The summed E-state index contributed by atoms with van der Waals surface area (Å²) in [6.07, 6.45) is 4.69. The summed E-state index contributed by atoms with van der Waals surface area (Å²) in [5.74, 6) is 0.409. The van der Waals surface area contributed by atoms with Gasteiger partial charge in [-0.25, -0.2) is 13.1 Å². The Morgan fingerprint density at radius 1 is 1.21 bits per heavy atom. The summed E-state index contributed by atoms with van der Waals surface area (Å²) in [6, 6.07) is 5.55. The number of nitrogens with one attached hydrogen (secondary N) is 2. The summed E-state index contributed by atoms with van der Waals surface area (Å²) in [6.45, 7) is 5.90. The second-order valence-corrected chi connectivity index (χ2v) is 8.59. The molecule has 0 spiro atoms. The lowest BCUT2D eigenvalue weighted by atomic mass is 9.86. The van der Waals surface area contributed by atoms with Gasteiger partial charge in [-0.3, -0.25) is 4.79 Å². The van der Waals surface area contributed by atoms with Gasteiger partial charge in [-0.15, -0.1) is 0 Å². The van der Waals surface area contributed by atoms with Crippen molar-refractivity contribution in [3.05, 3.63) is 29.3 Å². The molecule has 1 saturated carbocycles. The molecule has 1 aromatic rings. The first-order chi connectivity index (χ1) is 11.3. The van der Waals surface area contributed by atoms with E-state index in [9.17, 15) is 13.2 Å². The molecule has 1 aliphatic carbocycles. The van der Waals surface area contributed by atoms with Gasteiger partial charge in [0.1, 0.15) is 0 Å². The number of carbonyl (C=O) groups is 1. The van der Waals surface area contributed by atoms with Crippen LogP contribution in [-0.2, 0) is 14.8 Å². The monoisotopic (exact) mass is 352 g/mol. The number of carbonyl (C=O) groups excluding carboxylic acids is 1. The Morgan fingerprint density at radius 3 is 2.62 bits per heavy atom. The van der Waals surface area contributed by atoms with Crippen molar-refractivity contribution < 1.29 is 13.2 Å². The van der Waals surface area contributed by atoms with Crippen molar-refractivity contribution in [2.24, 2.45) is 5.92 Å². The average molecular weight is 353 g/mol. The Bertz CT molecular complexity index is 686. The lowest BCUT2D eigenvalue weighted by Gasteiger charge is -2.29. The summed E-state index contributed by atoms with van der Waals surface area (Å²) in [7, 11) is -3.58. The number of sulfonamides is 1. The van der Waals surface area contributed by atoms with Gasteiger partial charge in [0, 0.05) is 19.0 Å². The first-order valence-corrected chi connectivity index (χ1v) is 10.1. The van der Waals surface area contributed by atoms with Gasteiger partial charge in [0.25, 0.3) is 0 Å². The minimum Gasteiger partial charge on any atom is -0.353 e. The van der Waals surface area contributed by atoms with Gasteiger partial charge in [0.05, 0.1) is 4.90 Å². The van der Waals surface area contributed by atoms with Gasteiger partial charge in [-0.05, 0) is 49.8 Å². The van der Waals surface area contributed by atoms with Crippen LogP contribution in [0.5, 0.6) is 0 Å². The van der Waals surface area contributed by atoms with Crippen molar-refractivity contribution >= 4 is 15.9 Å². The molecule has 0 radical (unpaired) electrons. The molecule has 2 atom stereocenters. The highest BCUT2D eigenvalue weighted by molar-refractivity contribution is 7.89. The van der Waals surface area contributed by atoms with Crippen LogP contribution < -0.4 is 10.0 Å². The Hall–Kier alpha value is -1.40. The van der Waals surface area contributed by atoms with Crippen LogP contribution in [0.2, 0.25) is 0 Å². The molecule has 134 valence electrons. The molecule has 1 aromatic carbocycles. The van der Waals surface area contributed by atoms with Crippen LogP contribution in [0.3, 0.4) is 0 Å². The molecule has 24 heavy (non-hydrogen) atoms. The molecular formula is C18H28N2O3S. The molecule has 0 bridgehead atoms. The fourth-order valence-electron chi connectivity index (χ4n) is 3.18. The smallest absolute Gasteiger partial charge is 0.240 e. The van der Waals surface area contributed by atoms with E-state index in [4.69, 9.17) is 0 Å². The van der Waals surface area contributed by atoms with Crippen LogP contribution in [0.15, 0.2) is 23.1 Å². The fourth-order valence-corrected chi connectivity index (χ4v) is 4.54. The molecule has 1 amide bonds. The predicted octanol–water partition coefficient (Wildman–Crippen LogP) is 2.67. The van der Waals surface area contributed by atoms with Gasteiger partial charge in [-0.2, -0.15) is 0 Å². The van der Waals surface area contributed by atoms with E-state index in [0.29, 0.717) is 11.5 Å². The van der Waals surface area contributed by atoms with E-state index in [1.54, 1.807) is 19.1 Å². The highest BCUT2D eigenvalue weighted by Gasteiger charge is 2.23. The second-order valence-electron chi connectivity index (χ2n) is 6.85.